The van der Waals surface area contributed by atoms with E-state index in [1.165, 1.54) is 10.7 Å². The highest BCUT2D eigenvalue weighted by Crippen LogP contribution is 2.26. The molecule has 3 aromatic rings. The van der Waals surface area contributed by atoms with Gasteiger partial charge in [-0.3, -0.25) is 14.5 Å². The first-order chi connectivity index (χ1) is 12.9. The van der Waals surface area contributed by atoms with Crippen LogP contribution in [-0.4, -0.2) is 37.9 Å². The molecule has 10 nitrogen and oxygen atoms in total. The number of fused-ring (bicyclic) bond motifs is 1. The number of amides is 2. The molecule has 2 amide bonds. The number of nitrogens with two attached hydrogens (primary N) is 2. The molecule has 1 saturated heterocycles. The highest BCUT2D eigenvalue weighted by atomic mass is 16.2. The Balaban J connectivity index is 1.71. The molecule has 0 bridgehead atoms. The van der Waals surface area contributed by atoms with Crippen molar-refractivity contribution < 1.29 is 9.59 Å². The van der Waals surface area contributed by atoms with Crippen LogP contribution in [0.1, 0.15) is 28.9 Å². The van der Waals surface area contributed by atoms with Gasteiger partial charge in [-0.15, -0.1) is 0 Å². The number of pyridine rings is 1. The summed E-state index contributed by atoms with van der Waals surface area (Å²) in [6.45, 7) is 2.51. The second-order valence-corrected chi connectivity index (χ2v) is 6.35. The van der Waals surface area contributed by atoms with Crippen molar-refractivity contribution in [2.75, 3.05) is 22.5 Å². The Bertz CT molecular complexity index is 1070. The lowest BCUT2D eigenvalue weighted by Crippen LogP contribution is -2.25. The molecule has 0 atom stereocenters. The highest BCUT2D eigenvalue weighted by molar-refractivity contribution is 5.99. The normalized spacial score (nSPS) is 14.1. The van der Waals surface area contributed by atoms with E-state index in [0.717, 1.165) is 12.1 Å². The molecule has 5 N–H and O–H groups in total. The van der Waals surface area contributed by atoms with Gasteiger partial charge in [0.25, 0.3) is 5.91 Å². The van der Waals surface area contributed by atoms with Gasteiger partial charge < -0.3 is 16.8 Å². The predicted octanol–water partition coefficient (Wildman–Crippen LogP) is 0.984. The second kappa shape index (κ2) is 6.24. The van der Waals surface area contributed by atoms with Gasteiger partial charge in [0.15, 0.2) is 5.65 Å². The van der Waals surface area contributed by atoms with E-state index in [0.29, 0.717) is 36.1 Å². The van der Waals surface area contributed by atoms with Gasteiger partial charge in [-0.2, -0.15) is 9.61 Å². The maximum atomic E-state index is 12.0. The van der Waals surface area contributed by atoms with Gasteiger partial charge in [-0.25, -0.2) is 9.97 Å². The summed E-state index contributed by atoms with van der Waals surface area (Å²) in [5.41, 5.74) is 13.3. The number of aryl methyl sites for hydroxylation is 1. The zero-order chi connectivity index (χ0) is 19.1. The summed E-state index contributed by atoms with van der Waals surface area (Å²) < 4.78 is 1.34. The van der Waals surface area contributed by atoms with Gasteiger partial charge in [0.2, 0.25) is 5.91 Å². The van der Waals surface area contributed by atoms with Gasteiger partial charge in [0.05, 0.1) is 6.20 Å². The van der Waals surface area contributed by atoms with Crippen LogP contribution in [0.15, 0.2) is 24.4 Å². The number of aromatic nitrogens is 4. The lowest BCUT2D eigenvalue weighted by atomic mass is 10.3. The Hall–Kier alpha value is -3.69. The molecular formula is C17H18N8O2. The van der Waals surface area contributed by atoms with Crippen LogP contribution in [0, 0.1) is 6.92 Å². The van der Waals surface area contributed by atoms with Crippen molar-refractivity contribution in [2.24, 2.45) is 5.73 Å². The minimum Gasteiger partial charge on any atom is -0.383 e. The average Bonchev–Trinajstić information content (AvgIpc) is 3.20. The monoisotopic (exact) mass is 366 g/mol. The fourth-order valence-electron chi connectivity index (χ4n) is 3.12. The molecule has 10 heteroatoms. The number of anilines is 4. The van der Waals surface area contributed by atoms with Gasteiger partial charge in [-0.05, 0) is 19.4 Å². The molecule has 138 valence electrons. The van der Waals surface area contributed by atoms with Crippen LogP contribution in [0.5, 0.6) is 0 Å². The lowest BCUT2D eigenvalue weighted by molar-refractivity contribution is -0.117. The van der Waals surface area contributed by atoms with Gasteiger partial charge in [0, 0.05) is 36.5 Å². The number of carbonyl (C=O) groups excluding carboxylic acids is 2. The zero-order valence-corrected chi connectivity index (χ0v) is 14.6. The van der Waals surface area contributed by atoms with Crippen molar-refractivity contribution >= 4 is 40.6 Å². The molecular weight excluding hydrogens is 348 g/mol. The van der Waals surface area contributed by atoms with E-state index >= 15 is 0 Å². The number of hydrogen-bond acceptors (Lipinski definition) is 7. The molecule has 0 aromatic carbocycles. The number of carbonyl (C=O) groups is 2. The van der Waals surface area contributed by atoms with Crippen molar-refractivity contribution in [1.29, 1.82) is 0 Å². The Kier molecular flexibility index (Phi) is 3.87. The van der Waals surface area contributed by atoms with Crippen LogP contribution in [0.3, 0.4) is 0 Å². The van der Waals surface area contributed by atoms with E-state index in [1.807, 2.05) is 13.0 Å². The number of primary amides is 1. The molecule has 0 spiro atoms. The Labute approximate surface area is 154 Å². The molecule has 1 aliphatic heterocycles. The molecule has 0 aliphatic carbocycles. The summed E-state index contributed by atoms with van der Waals surface area (Å²) in [5.74, 6) is 0.746. The van der Waals surface area contributed by atoms with E-state index in [2.05, 4.69) is 20.4 Å². The summed E-state index contributed by atoms with van der Waals surface area (Å²) in [5, 5.41) is 7.17. The fourth-order valence-corrected chi connectivity index (χ4v) is 3.12. The molecule has 4 heterocycles. The van der Waals surface area contributed by atoms with Gasteiger partial charge in [-0.1, -0.05) is 0 Å². The molecule has 0 unspecified atom stereocenters. The first kappa shape index (κ1) is 16.8. The van der Waals surface area contributed by atoms with Gasteiger partial charge >= 0.3 is 0 Å². The Morgan fingerprint density at radius 3 is 2.78 bits per heavy atom. The summed E-state index contributed by atoms with van der Waals surface area (Å²) in [6, 6.07) is 5.21. The van der Waals surface area contributed by atoms with E-state index < -0.39 is 5.91 Å². The summed E-state index contributed by atoms with van der Waals surface area (Å²) in [6.07, 6.45) is 2.69. The second-order valence-electron chi connectivity index (χ2n) is 6.35. The number of nitrogens with one attached hydrogen (secondary N) is 1. The van der Waals surface area contributed by atoms with Crippen molar-refractivity contribution in [3.63, 3.8) is 0 Å². The SMILES string of the molecule is Cc1cc(Nc2cc(N)n3ncc(C(N)=O)c3n2)cc(N2CCCC2=O)n1. The molecule has 27 heavy (non-hydrogen) atoms. The topological polar surface area (TPSA) is 145 Å². The molecule has 0 saturated carbocycles. The number of nitrogen functional groups attached to an aromatic ring is 1. The third kappa shape index (κ3) is 3.01. The lowest BCUT2D eigenvalue weighted by Gasteiger charge is -2.17. The standard InChI is InChI=1S/C17H18N8O2/c1-9-5-10(6-14(21-9)24-4-2-3-15(24)26)22-13-7-12(18)25-17(23-13)11(8-20-25)16(19)27/h5-8H,2-4,18H2,1H3,(H2,19,27)(H,21,22,23). The summed E-state index contributed by atoms with van der Waals surface area (Å²) in [4.78, 5) is 34.1. The minimum atomic E-state index is -0.636. The van der Waals surface area contributed by atoms with E-state index in [9.17, 15) is 9.59 Å². The van der Waals surface area contributed by atoms with Crippen LogP contribution in [0.2, 0.25) is 0 Å². The van der Waals surface area contributed by atoms with Crippen LogP contribution < -0.4 is 21.7 Å². The van der Waals surface area contributed by atoms with Crippen LogP contribution in [0.25, 0.3) is 5.65 Å². The highest BCUT2D eigenvalue weighted by Gasteiger charge is 2.23. The number of rotatable bonds is 4. The largest absolute Gasteiger partial charge is 0.383 e. The number of hydrogen-bond donors (Lipinski definition) is 3. The fraction of sp³-hybridized carbons (Fsp3) is 0.235. The van der Waals surface area contributed by atoms with Crippen molar-refractivity contribution in [1.82, 2.24) is 19.6 Å². The van der Waals surface area contributed by atoms with Gasteiger partial charge in [0.1, 0.15) is 23.0 Å². The van der Waals surface area contributed by atoms with Crippen LogP contribution >= 0.6 is 0 Å². The molecule has 1 aliphatic rings. The molecule has 0 radical (unpaired) electrons. The maximum absolute atomic E-state index is 12.0. The zero-order valence-electron chi connectivity index (χ0n) is 14.6. The number of nitrogens with zero attached hydrogens (tertiary/aromatic N) is 5. The first-order valence-corrected chi connectivity index (χ1v) is 8.42. The van der Waals surface area contributed by atoms with Crippen molar-refractivity contribution in [3.8, 4) is 0 Å². The van der Waals surface area contributed by atoms with Crippen LogP contribution in [-0.2, 0) is 4.79 Å². The molecule has 1 fully saturated rings. The Morgan fingerprint density at radius 1 is 1.26 bits per heavy atom. The quantitative estimate of drug-likeness (QED) is 0.624. The smallest absolute Gasteiger partial charge is 0.254 e. The van der Waals surface area contributed by atoms with E-state index in [4.69, 9.17) is 11.5 Å². The maximum Gasteiger partial charge on any atom is 0.254 e. The van der Waals surface area contributed by atoms with E-state index in [-0.39, 0.29) is 17.1 Å². The van der Waals surface area contributed by atoms with Crippen molar-refractivity contribution in [2.45, 2.75) is 19.8 Å². The van der Waals surface area contributed by atoms with E-state index in [1.54, 1.807) is 17.0 Å². The summed E-state index contributed by atoms with van der Waals surface area (Å²) in [7, 11) is 0. The van der Waals surface area contributed by atoms with Crippen molar-refractivity contribution in [3.05, 3.63) is 35.7 Å². The minimum absolute atomic E-state index is 0.0631. The molecule has 4 rings (SSSR count). The predicted molar refractivity (Wildman–Crippen MR) is 99.8 cm³/mol. The van der Waals surface area contributed by atoms with Crippen LogP contribution in [0.4, 0.5) is 23.1 Å². The average molecular weight is 366 g/mol. The summed E-state index contributed by atoms with van der Waals surface area (Å²) >= 11 is 0. The molecule has 3 aromatic heterocycles. The first-order valence-electron chi connectivity index (χ1n) is 8.42. The Morgan fingerprint density at radius 2 is 2.07 bits per heavy atom. The third-order valence-electron chi connectivity index (χ3n) is 4.33. The third-order valence-corrected chi connectivity index (χ3v) is 4.33.